The van der Waals surface area contributed by atoms with Gasteiger partial charge in [-0.3, -0.25) is 9.59 Å². The molecule has 0 heterocycles. The molecule has 2 aromatic carbocycles. The predicted octanol–water partition coefficient (Wildman–Crippen LogP) is 2.94. The van der Waals surface area contributed by atoms with Gasteiger partial charge in [-0.25, -0.2) is 9.59 Å². The number of hydrogen-bond acceptors (Lipinski definition) is 7. The summed E-state index contributed by atoms with van der Waals surface area (Å²) in [5.41, 5.74) is 1.43. The van der Waals surface area contributed by atoms with Crippen molar-refractivity contribution in [2.24, 2.45) is 0 Å². The molecule has 0 bridgehead atoms. The Hall–Kier alpha value is -3.74. The van der Waals surface area contributed by atoms with Crippen molar-refractivity contribution in [3.8, 4) is 0 Å². The van der Waals surface area contributed by atoms with Crippen molar-refractivity contribution < 1.29 is 33.4 Å². The zero-order chi connectivity index (χ0) is 21.8. The van der Waals surface area contributed by atoms with Crippen LogP contribution in [0.4, 0.5) is 0 Å². The lowest BCUT2D eigenvalue weighted by molar-refractivity contribution is -0.160. The van der Waals surface area contributed by atoms with E-state index in [9.17, 15) is 19.2 Å². The van der Waals surface area contributed by atoms with Crippen LogP contribution in [-0.2, 0) is 33.4 Å². The van der Waals surface area contributed by atoms with E-state index in [0.29, 0.717) is 11.1 Å². The maximum absolute atomic E-state index is 12.7. The molecule has 0 radical (unpaired) electrons. The van der Waals surface area contributed by atoms with Gasteiger partial charge in [0, 0.05) is 18.6 Å². The van der Waals surface area contributed by atoms with Crippen LogP contribution in [0.2, 0.25) is 0 Å². The van der Waals surface area contributed by atoms with Gasteiger partial charge in [0.25, 0.3) is 0 Å². The summed E-state index contributed by atoms with van der Waals surface area (Å²) in [6.45, 7) is -0.0611. The molecule has 0 spiro atoms. The molecule has 2 aromatic rings. The van der Waals surface area contributed by atoms with Gasteiger partial charge < -0.3 is 14.2 Å². The highest BCUT2D eigenvalue weighted by Crippen LogP contribution is 2.26. The van der Waals surface area contributed by atoms with Gasteiger partial charge in [-0.1, -0.05) is 60.7 Å². The van der Waals surface area contributed by atoms with Crippen LogP contribution in [-0.4, -0.2) is 37.6 Å². The van der Waals surface area contributed by atoms with Gasteiger partial charge in [-0.15, -0.1) is 0 Å². The topological polar surface area (TPSA) is 96.0 Å². The van der Waals surface area contributed by atoms with Gasteiger partial charge in [-0.2, -0.15) is 0 Å². The number of hydrogen-bond donors (Lipinski definition) is 0. The van der Waals surface area contributed by atoms with E-state index in [-0.39, 0.29) is 19.4 Å². The van der Waals surface area contributed by atoms with Crippen LogP contribution in [0, 0.1) is 0 Å². The highest BCUT2D eigenvalue weighted by Gasteiger charge is 2.26. The van der Waals surface area contributed by atoms with Crippen molar-refractivity contribution in [2.75, 3.05) is 13.7 Å². The second kappa shape index (κ2) is 12.0. The van der Waals surface area contributed by atoms with E-state index in [0.717, 1.165) is 12.2 Å². The molecule has 0 saturated heterocycles. The molecule has 0 unspecified atom stereocenters. The average Bonchev–Trinajstić information content (AvgIpc) is 2.76. The van der Waals surface area contributed by atoms with Crippen LogP contribution in [0.25, 0.3) is 0 Å². The summed E-state index contributed by atoms with van der Waals surface area (Å²) in [4.78, 5) is 47.0. The summed E-state index contributed by atoms with van der Waals surface area (Å²) >= 11 is 0. The molecule has 0 aliphatic rings. The summed E-state index contributed by atoms with van der Waals surface area (Å²) in [6.07, 6.45) is 1.93. The van der Waals surface area contributed by atoms with E-state index in [1.807, 2.05) is 36.4 Å². The maximum Gasteiger partial charge on any atom is 0.331 e. The van der Waals surface area contributed by atoms with Crippen molar-refractivity contribution in [1.29, 1.82) is 0 Å². The van der Waals surface area contributed by atoms with Gasteiger partial charge in [-0.05, 0) is 17.5 Å². The first kappa shape index (κ1) is 22.5. The second-order valence-corrected chi connectivity index (χ2v) is 6.18. The first-order valence-corrected chi connectivity index (χ1v) is 9.28. The number of esters is 4. The predicted molar refractivity (Wildman–Crippen MR) is 107 cm³/mol. The molecule has 0 fully saturated rings. The zero-order valence-electron chi connectivity index (χ0n) is 16.5. The van der Waals surface area contributed by atoms with Crippen LogP contribution in [0.15, 0.2) is 72.8 Å². The van der Waals surface area contributed by atoms with Gasteiger partial charge in [0.15, 0.2) is 0 Å². The standard InChI is InChI=1S/C23H22O7/c1-28-19(24)14-15-20(25)29-16-8-13-21(26)30-23(27)22(17-9-4-2-5-10-17)18-11-6-3-7-12-18/h2-7,9-12,14-15,22H,8,13,16H2,1H3. The van der Waals surface area contributed by atoms with Gasteiger partial charge in [0.1, 0.15) is 5.92 Å². The molecule has 0 saturated carbocycles. The van der Waals surface area contributed by atoms with E-state index >= 15 is 0 Å². The summed E-state index contributed by atoms with van der Waals surface area (Å²) in [7, 11) is 1.19. The summed E-state index contributed by atoms with van der Waals surface area (Å²) in [5.74, 6) is -3.52. The molecule has 30 heavy (non-hydrogen) atoms. The number of carbonyl (C=O) groups excluding carboxylic acids is 4. The Labute approximate surface area is 174 Å². The Bertz CT molecular complexity index is 849. The Morgan fingerprint density at radius 2 is 1.37 bits per heavy atom. The minimum atomic E-state index is -0.738. The molecule has 0 atom stereocenters. The smallest absolute Gasteiger partial charge is 0.331 e. The molecule has 0 aliphatic carbocycles. The number of rotatable bonds is 9. The largest absolute Gasteiger partial charge is 0.466 e. The fraction of sp³-hybridized carbons (Fsp3) is 0.217. The van der Waals surface area contributed by atoms with Crippen molar-refractivity contribution in [3.05, 3.63) is 83.9 Å². The van der Waals surface area contributed by atoms with Crippen LogP contribution >= 0.6 is 0 Å². The average molecular weight is 410 g/mol. The fourth-order valence-electron chi connectivity index (χ4n) is 2.62. The third-order valence-corrected chi connectivity index (χ3v) is 4.04. The zero-order valence-corrected chi connectivity index (χ0v) is 16.5. The van der Waals surface area contributed by atoms with E-state index in [2.05, 4.69) is 4.74 Å². The maximum atomic E-state index is 12.7. The third-order valence-electron chi connectivity index (χ3n) is 4.04. The first-order valence-electron chi connectivity index (χ1n) is 9.28. The van der Waals surface area contributed by atoms with Gasteiger partial charge in [0.2, 0.25) is 0 Å². The minimum absolute atomic E-state index is 0.0611. The second-order valence-electron chi connectivity index (χ2n) is 6.18. The van der Waals surface area contributed by atoms with Gasteiger partial charge in [0.05, 0.1) is 13.7 Å². The Morgan fingerprint density at radius 3 is 1.90 bits per heavy atom. The Balaban J connectivity index is 1.87. The molecular weight excluding hydrogens is 388 g/mol. The lowest BCUT2D eigenvalue weighted by atomic mass is 9.91. The van der Waals surface area contributed by atoms with Crippen molar-refractivity contribution >= 4 is 23.9 Å². The van der Waals surface area contributed by atoms with E-state index in [4.69, 9.17) is 9.47 Å². The summed E-state index contributed by atoms with van der Waals surface area (Å²) in [5, 5.41) is 0. The lowest BCUT2D eigenvalue weighted by Gasteiger charge is -2.16. The molecular formula is C23H22O7. The highest BCUT2D eigenvalue weighted by molar-refractivity contribution is 5.92. The first-order chi connectivity index (χ1) is 14.5. The number of carbonyl (C=O) groups is 4. The number of ether oxygens (including phenoxy) is 3. The fourth-order valence-corrected chi connectivity index (χ4v) is 2.62. The molecule has 0 N–H and O–H groups in total. The molecule has 0 aromatic heterocycles. The van der Waals surface area contributed by atoms with Crippen molar-refractivity contribution in [1.82, 2.24) is 0 Å². The summed E-state index contributed by atoms with van der Waals surface area (Å²) < 4.78 is 14.2. The minimum Gasteiger partial charge on any atom is -0.466 e. The highest BCUT2D eigenvalue weighted by atomic mass is 16.6. The van der Waals surface area contributed by atoms with Crippen LogP contribution in [0.5, 0.6) is 0 Å². The third kappa shape index (κ3) is 7.35. The molecule has 7 nitrogen and oxygen atoms in total. The Kier molecular flexibility index (Phi) is 8.99. The van der Waals surface area contributed by atoms with Crippen LogP contribution < -0.4 is 0 Å². The van der Waals surface area contributed by atoms with Gasteiger partial charge >= 0.3 is 23.9 Å². The number of benzene rings is 2. The van der Waals surface area contributed by atoms with Crippen LogP contribution in [0.1, 0.15) is 29.9 Å². The number of methoxy groups -OCH3 is 1. The lowest BCUT2D eigenvalue weighted by Crippen LogP contribution is -2.21. The molecule has 2 rings (SSSR count). The summed E-state index contributed by atoms with van der Waals surface area (Å²) in [6, 6.07) is 18.1. The monoisotopic (exact) mass is 410 g/mol. The quantitative estimate of drug-likeness (QED) is 0.206. The van der Waals surface area contributed by atoms with Crippen molar-refractivity contribution in [3.63, 3.8) is 0 Å². The van der Waals surface area contributed by atoms with E-state index < -0.39 is 29.8 Å². The van der Waals surface area contributed by atoms with E-state index in [1.165, 1.54) is 7.11 Å². The molecule has 156 valence electrons. The normalized spacial score (nSPS) is 10.6. The molecule has 0 aliphatic heterocycles. The van der Waals surface area contributed by atoms with Crippen LogP contribution in [0.3, 0.4) is 0 Å². The molecule has 7 heteroatoms. The Morgan fingerprint density at radius 1 is 0.833 bits per heavy atom. The van der Waals surface area contributed by atoms with Crippen molar-refractivity contribution in [2.45, 2.75) is 18.8 Å². The molecule has 0 amide bonds. The SMILES string of the molecule is COC(=O)C=CC(=O)OCCCC(=O)OC(=O)C(c1ccccc1)c1ccccc1. The van der Waals surface area contributed by atoms with E-state index in [1.54, 1.807) is 24.3 Å².